The predicted octanol–water partition coefficient (Wildman–Crippen LogP) is 4.54. The lowest BCUT2D eigenvalue weighted by molar-refractivity contribution is -0.384. The molecule has 0 aromatic heterocycles. The summed E-state index contributed by atoms with van der Waals surface area (Å²) in [5.41, 5.74) is 3.63. The number of carbonyl (C=O) groups is 1. The van der Waals surface area contributed by atoms with E-state index in [1.54, 1.807) is 6.07 Å². The van der Waals surface area contributed by atoms with Crippen LogP contribution < -0.4 is 10.2 Å². The van der Waals surface area contributed by atoms with Crippen molar-refractivity contribution in [3.05, 3.63) is 100 Å². The molecule has 2 heterocycles. The molecule has 2 aliphatic rings. The third-order valence-corrected chi connectivity index (χ3v) is 7.34. The minimum absolute atomic E-state index is 0.0644. The second-order valence-electron chi connectivity index (χ2n) is 9.67. The van der Waals surface area contributed by atoms with Crippen LogP contribution in [-0.2, 0) is 4.79 Å². The van der Waals surface area contributed by atoms with E-state index in [9.17, 15) is 14.9 Å². The van der Waals surface area contributed by atoms with Crippen molar-refractivity contribution in [3.63, 3.8) is 0 Å². The van der Waals surface area contributed by atoms with Gasteiger partial charge in [-0.1, -0.05) is 60.7 Å². The van der Waals surface area contributed by atoms with Crippen LogP contribution in [0.3, 0.4) is 0 Å². The number of anilines is 2. The highest BCUT2D eigenvalue weighted by Crippen LogP contribution is 2.35. The number of nitro benzene ring substituents is 1. The van der Waals surface area contributed by atoms with Crippen LogP contribution in [0.2, 0.25) is 0 Å². The lowest BCUT2D eigenvalue weighted by Crippen LogP contribution is -2.48. The molecule has 3 aromatic rings. The van der Waals surface area contributed by atoms with Crippen LogP contribution in [-0.4, -0.2) is 66.4 Å². The first kappa shape index (κ1) is 24.8. The first-order valence-electron chi connectivity index (χ1n) is 13.0. The van der Waals surface area contributed by atoms with Gasteiger partial charge >= 0.3 is 0 Å². The number of nitro groups is 1. The Balaban J connectivity index is 1.32. The first-order chi connectivity index (χ1) is 18.1. The van der Waals surface area contributed by atoms with Crippen molar-refractivity contribution in [1.29, 1.82) is 0 Å². The fraction of sp³-hybridized carbons (Fsp3) is 0.345. The Morgan fingerprint density at radius 1 is 0.838 bits per heavy atom. The van der Waals surface area contributed by atoms with Crippen molar-refractivity contribution >= 4 is 23.0 Å². The van der Waals surface area contributed by atoms with Gasteiger partial charge in [-0.3, -0.25) is 19.8 Å². The number of nitrogens with one attached hydrogen (secondary N) is 1. The molecule has 2 fully saturated rings. The summed E-state index contributed by atoms with van der Waals surface area (Å²) in [6.45, 7) is 6.05. The first-order valence-corrected chi connectivity index (χ1v) is 13.0. The van der Waals surface area contributed by atoms with E-state index in [2.05, 4.69) is 15.1 Å². The van der Waals surface area contributed by atoms with Gasteiger partial charge in [-0.25, -0.2) is 0 Å². The Labute approximate surface area is 217 Å². The second-order valence-corrected chi connectivity index (χ2v) is 9.67. The molecule has 1 amide bonds. The predicted molar refractivity (Wildman–Crippen MR) is 146 cm³/mol. The summed E-state index contributed by atoms with van der Waals surface area (Å²) in [6.07, 6.45) is 1.65. The van der Waals surface area contributed by atoms with Crippen LogP contribution in [0.15, 0.2) is 78.9 Å². The molecule has 2 aliphatic heterocycles. The number of hydrogen-bond donors (Lipinski definition) is 1. The molecule has 8 heteroatoms. The third kappa shape index (κ3) is 5.91. The second kappa shape index (κ2) is 11.4. The number of hydrogen-bond acceptors (Lipinski definition) is 6. The zero-order chi connectivity index (χ0) is 25.6. The van der Waals surface area contributed by atoms with Crippen LogP contribution in [0.25, 0.3) is 0 Å². The van der Waals surface area contributed by atoms with Crippen molar-refractivity contribution in [2.24, 2.45) is 0 Å². The minimum Gasteiger partial charge on any atom is -0.369 e. The highest BCUT2D eigenvalue weighted by atomic mass is 16.6. The van der Waals surface area contributed by atoms with Gasteiger partial charge in [-0.15, -0.1) is 0 Å². The molecule has 0 saturated carbocycles. The average molecular weight is 500 g/mol. The number of rotatable bonds is 9. The molecule has 0 atom stereocenters. The molecule has 5 rings (SSSR count). The van der Waals surface area contributed by atoms with Gasteiger partial charge in [0.15, 0.2) is 0 Å². The van der Waals surface area contributed by atoms with E-state index >= 15 is 0 Å². The lowest BCUT2D eigenvalue weighted by Gasteiger charge is -2.37. The minimum atomic E-state index is -0.323. The zero-order valence-corrected chi connectivity index (χ0v) is 21.0. The van der Waals surface area contributed by atoms with E-state index < -0.39 is 0 Å². The molecule has 0 unspecified atom stereocenters. The molecule has 1 N–H and O–H groups in total. The van der Waals surface area contributed by atoms with E-state index in [1.165, 1.54) is 0 Å². The molecule has 0 radical (unpaired) electrons. The molecule has 2 saturated heterocycles. The van der Waals surface area contributed by atoms with Gasteiger partial charge < -0.3 is 15.1 Å². The summed E-state index contributed by atoms with van der Waals surface area (Å²) >= 11 is 0. The van der Waals surface area contributed by atoms with Crippen LogP contribution in [0.5, 0.6) is 0 Å². The molecule has 192 valence electrons. The van der Waals surface area contributed by atoms with Crippen molar-refractivity contribution < 1.29 is 9.72 Å². The van der Waals surface area contributed by atoms with Crippen LogP contribution in [0, 0.1) is 10.1 Å². The molecular weight excluding hydrogens is 466 g/mol. The van der Waals surface area contributed by atoms with E-state index in [0.717, 1.165) is 69.0 Å². The standard InChI is InChI=1S/C29H33N5O3/c35-28-12-7-15-33(28)21-18-31-16-19-32(20-17-31)25-13-14-27(34(36)37)26(22-25)30-29(23-8-3-1-4-9-23)24-10-5-2-6-11-24/h1-6,8-11,13-14,22,29-30H,7,12,15-21H2. The summed E-state index contributed by atoms with van der Waals surface area (Å²) in [5, 5.41) is 15.4. The lowest BCUT2D eigenvalue weighted by atomic mass is 9.98. The van der Waals surface area contributed by atoms with Crippen LogP contribution >= 0.6 is 0 Å². The Bertz CT molecular complexity index is 1170. The molecule has 0 aliphatic carbocycles. The molecule has 3 aromatic carbocycles. The highest BCUT2D eigenvalue weighted by Gasteiger charge is 2.25. The molecule has 0 spiro atoms. The van der Waals surface area contributed by atoms with Crippen LogP contribution in [0.4, 0.5) is 17.1 Å². The topological polar surface area (TPSA) is 82.0 Å². The number of amides is 1. The molecule has 0 bridgehead atoms. The summed E-state index contributed by atoms with van der Waals surface area (Å²) in [5.74, 6) is 0.272. The van der Waals surface area contributed by atoms with E-state index in [0.29, 0.717) is 12.1 Å². The fourth-order valence-electron chi connectivity index (χ4n) is 5.23. The van der Waals surface area contributed by atoms with Crippen molar-refractivity contribution in [2.45, 2.75) is 18.9 Å². The van der Waals surface area contributed by atoms with E-state index in [-0.39, 0.29) is 22.6 Å². The van der Waals surface area contributed by atoms with Gasteiger partial charge in [0.1, 0.15) is 5.69 Å². The largest absolute Gasteiger partial charge is 0.369 e. The van der Waals surface area contributed by atoms with E-state index in [4.69, 9.17) is 0 Å². The van der Waals surface area contributed by atoms with Gasteiger partial charge in [0, 0.05) is 64.0 Å². The Kier molecular flexibility index (Phi) is 7.65. The summed E-state index contributed by atoms with van der Waals surface area (Å²) in [6, 6.07) is 25.2. The third-order valence-electron chi connectivity index (χ3n) is 7.34. The highest BCUT2D eigenvalue weighted by molar-refractivity contribution is 5.78. The Hall–Kier alpha value is -3.91. The molecule has 8 nitrogen and oxygen atoms in total. The van der Waals surface area contributed by atoms with Crippen molar-refractivity contribution in [2.75, 3.05) is 56.0 Å². The quantitative estimate of drug-likeness (QED) is 0.344. The fourth-order valence-corrected chi connectivity index (χ4v) is 5.23. The molecule has 37 heavy (non-hydrogen) atoms. The smallest absolute Gasteiger partial charge is 0.292 e. The zero-order valence-electron chi connectivity index (χ0n) is 21.0. The number of nitrogens with zero attached hydrogens (tertiary/aromatic N) is 4. The summed E-state index contributed by atoms with van der Waals surface area (Å²) < 4.78 is 0. The maximum atomic E-state index is 11.9. The van der Waals surface area contributed by atoms with Gasteiger partial charge in [0.05, 0.1) is 11.0 Å². The van der Waals surface area contributed by atoms with Gasteiger partial charge in [0.25, 0.3) is 5.69 Å². The van der Waals surface area contributed by atoms with Crippen LogP contribution in [0.1, 0.15) is 30.0 Å². The average Bonchev–Trinajstić information content (AvgIpc) is 3.36. The van der Waals surface area contributed by atoms with Crippen molar-refractivity contribution in [1.82, 2.24) is 9.80 Å². The van der Waals surface area contributed by atoms with E-state index in [1.807, 2.05) is 77.7 Å². The number of piperazine rings is 1. The summed E-state index contributed by atoms with van der Waals surface area (Å²) in [4.78, 5) is 30.1. The normalized spacial score (nSPS) is 16.4. The maximum Gasteiger partial charge on any atom is 0.292 e. The number of benzene rings is 3. The maximum absolute atomic E-state index is 11.9. The Morgan fingerprint density at radius 3 is 2.05 bits per heavy atom. The van der Waals surface area contributed by atoms with Crippen molar-refractivity contribution in [3.8, 4) is 0 Å². The number of carbonyl (C=O) groups excluding carboxylic acids is 1. The monoisotopic (exact) mass is 499 g/mol. The Morgan fingerprint density at radius 2 is 1.49 bits per heavy atom. The summed E-state index contributed by atoms with van der Waals surface area (Å²) in [7, 11) is 0. The number of likely N-dealkylation sites (tertiary alicyclic amines) is 1. The van der Waals surface area contributed by atoms with Gasteiger partial charge in [0.2, 0.25) is 5.91 Å². The SMILES string of the molecule is O=C1CCCN1CCN1CCN(c2ccc([N+](=O)[O-])c(NC(c3ccccc3)c3ccccc3)c2)CC1. The van der Waals surface area contributed by atoms with Gasteiger partial charge in [-0.05, 0) is 29.7 Å². The molecular formula is C29H33N5O3. The van der Waals surface area contributed by atoms with Gasteiger partial charge in [-0.2, -0.15) is 0 Å².